The number of nitrogens with zero attached hydrogens (tertiary/aromatic N) is 1. The monoisotopic (exact) mass is 464 g/mol. The quantitative estimate of drug-likeness (QED) is 0.675. The first-order valence-electron chi connectivity index (χ1n) is 10.4. The van der Waals surface area contributed by atoms with Gasteiger partial charge in [0.15, 0.2) is 9.84 Å². The molecule has 0 saturated carbocycles. The molecule has 0 aromatic heterocycles. The lowest BCUT2D eigenvalue weighted by Crippen LogP contribution is -2.39. The van der Waals surface area contributed by atoms with Crippen molar-refractivity contribution in [3.8, 4) is 0 Å². The van der Waals surface area contributed by atoms with Crippen molar-refractivity contribution >= 4 is 31.5 Å². The predicted molar refractivity (Wildman–Crippen MR) is 120 cm³/mol. The first kappa shape index (κ1) is 23.4. The molecule has 1 aliphatic rings. The number of hydrogen-bond acceptors (Lipinski definition) is 5. The number of nitrogens with one attached hydrogen (secondary N) is 1. The fraction of sp³-hybridized carbons (Fsp3) is 0.409. The Morgan fingerprint density at radius 2 is 1.74 bits per heavy atom. The predicted octanol–water partition coefficient (Wildman–Crippen LogP) is 3.54. The highest BCUT2D eigenvalue weighted by Gasteiger charge is 2.28. The summed E-state index contributed by atoms with van der Waals surface area (Å²) < 4.78 is 52.2. The second-order valence-corrected chi connectivity index (χ2v) is 11.9. The molecule has 1 saturated heterocycles. The Morgan fingerprint density at radius 1 is 1.06 bits per heavy atom. The summed E-state index contributed by atoms with van der Waals surface area (Å²) in [5.74, 6) is -0.277. The summed E-state index contributed by atoms with van der Waals surface area (Å²) >= 11 is 0. The third-order valence-corrected chi connectivity index (χ3v) is 9.16. The van der Waals surface area contributed by atoms with E-state index in [-0.39, 0.29) is 21.1 Å². The maximum absolute atomic E-state index is 12.9. The largest absolute Gasteiger partial charge is 0.322 e. The Labute approximate surface area is 184 Å². The Kier molecular flexibility index (Phi) is 7.18. The van der Waals surface area contributed by atoms with E-state index in [4.69, 9.17) is 0 Å². The number of sulfonamides is 1. The van der Waals surface area contributed by atoms with E-state index >= 15 is 0 Å². The smallest absolute Gasteiger partial charge is 0.256 e. The molecule has 1 heterocycles. The van der Waals surface area contributed by atoms with Crippen molar-refractivity contribution in [3.63, 3.8) is 0 Å². The molecule has 0 bridgehead atoms. The van der Waals surface area contributed by atoms with Crippen LogP contribution in [0.5, 0.6) is 0 Å². The second kappa shape index (κ2) is 9.50. The van der Waals surface area contributed by atoms with Crippen LogP contribution in [0.15, 0.2) is 58.3 Å². The maximum atomic E-state index is 12.9. The first-order chi connectivity index (χ1) is 14.6. The fourth-order valence-electron chi connectivity index (χ4n) is 3.73. The highest BCUT2D eigenvalue weighted by Crippen LogP contribution is 2.25. The number of anilines is 1. The number of rotatable bonds is 7. The van der Waals surface area contributed by atoms with E-state index in [1.807, 2.05) is 6.92 Å². The molecule has 1 atom stereocenters. The molecule has 0 aliphatic carbocycles. The summed E-state index contributed by atoms with van der Waals surface area (Å²) in [6.45, 7) is 4.82. The van der Waals surface area contributed by atoms with Gasteiger partial charge >= 0.3 is 0 Å². The van der Waals surface area contributed by atoms with Gasteiger partial charge in [0.2, 0.25) is 10.0 Å². The zero-order valence-electron chi connectivity index (χ0n) is 17.7. The molecule has 168 valence electrons. The molecule has 2 aromatic rings. The highest BCUT2D eigenvalue weighted by molar-refractivity contribution is 7.91. The molecule has 3 rings (SSSR count). The van der Waals surface area contributed by atoms with Gasteiger partial charge in [-0.3, -0.25) is 4.79 Å². The molecule has 1 fully saturated rings. The van der Waals surface area contributed by atoms with Crippen LogP contribution in [0.4, 0.5) is 5.69 Å². The molecule has 1 aliphatic heterocycles. The summed E-state index contributed by atoms with van der Waals surface area (Å²) in [5.41, 5.74) is 0.452. The number of benzene rings is 2. The minimum Gasteiger partial charge on any atom is -0.322 e. The lowest BCUT2D eigenvalue weighted by molar-refractivity contribution is 0.102. The van der Waals surface area contributed by atoms with Crippen LogP contribution in [0.2, 0.25) is 0 Å². The van der Waals surface area contributed by atoms with Crippen LogP contribution in [0, 0.1) is 5.92 Å². The standard InChI is InChI=1S/C22H28N2O5S2/c1-3-15-30(26,27)21-9-5-4-8-20(21)22(25)23-18-10-12-19(13-11-18)31(28,29)24-14-6-7-17(2)16-24/h4-5,8-13,17H,3,6-7,14-16H2,1-2H3,(H,23,25). The van der Waals surface area contributed by atoms with Crippen LogP contribution in [-0.4, -0.2) is 45.9 Å². The van der Waals surface area contributed by atoms with E-state index in [0.29, 0.717) is 31.1 Å². The van der Waals surface area contributed by atoms with Crippen molar-refractivity contribution in [2.75, 3.05) is 24.2 Å². The van der Waals surface area contributed by atoms with Crippen molar-refractivity contribution in [2.45, 2.75) is 42.9 Å². The lowest BCUT2D eigenvalue weighted by atomic mass is 10.0. The molecule has 31 heavy (non-hydrogen) atoms. The number of amides is 1. The summed E-state index contributed by atoms with van der Waals surface area (Å²) in [5, 5.41) is 2.67. The van der Waals surface area contributed by atoms with Crippen molar-refractivity contribution in [1.29, 1.82) is 0 Å². The van der Waals surface area contributed by atoms with E-state index < -0.39 is 25.8 Å². The average Bonchev–Trinajstić information content (AvgIpc) is 2.74. The van der Waals surface area contributed by atoms with Gasteiger partial charge in [-0.15, -0.1) is 0 Å². The SMILES string of the molecule is CCCS(=O)(=O)c1ccccc1C(=O)Nc1ccc(S(=O)(=O)N2CCCC(C)C2)cc1. The van der Waals surface area contributed by atoms with Crippen LogP contribution in [0.1, 0.15) is 43.5 Å². The van der Waals surface area contributed by atoms with Crippen molar-refractivity contribution in [2.24, 2.45) is 5.92 Å². The van der Waals surface area contributed by atoms with Gasteiger partial charge in [0, 0.05) is 18.8 Å². The molecular weight excluding hydrogens is 436 g/mol. The van der Waals surface area contributed by atoms with Gasteiger partial charge in [-0.25, -0.2) is 16.8 Å². The molecule has 0 radical (unpaired) electrons. The van der Waals surface area contributed by atoms with Crippen LogP contribution >= 0.6 is 0 Å². The van der Waals surface area contributed by atoms with E-state index in [9.17, 15) is 21.6 Å². The summed E-state index contributed by atoms with van der Waals surface area (Å²) in [7, 11) is -7.15. The van der Waals surface area contributed by atoms with Gasteiger partial charge < -0.3 is 5.32 Å². The van der Waals surface area contributed by atoms with Gasteiger partial charge in [-0.1, -0.05) is 26.0 Å². The van der Waals surface area contributed by atoms with E-state index in [0.717, 1.165) is 12.8 Å². The summed E-state index contributed by atoms with van der Waals surface area (Å²) in [4.78, 5) is 12.9. The number of carbonyl (C=O) groups excluding carboxylic acids is 1. The molecule has 0 spiro atoms. The van der Waals surface area contributed by atoms with Crippen LogP contribution in [-0.2, 0) is 19.9 Å². The summed E-state index contributed by atoms with van der Waals surface area (Å²) in [6, 6.07) is 12.0. The number of carbonyl (C=O) groups is 1. The van der Waals surface area contributed by atoms with Gasteiger partial charge in [-0.2, -0.15) is 4.31 Å². The molecule has 1 amide bonds. The van der Waals surface area contributed by atoms with Crippen molar-refractivity contribution in [3.05, 3.63) is 54.1 Å². The minimum absolute atomic E-state index is 0.00670. The summed E-state index contributed by atoms with van der Waals surface area (Å²) in [6.07, 6.45) is 2.31. The van der Waals surface area contributed by atoms with Gasteiger partial charge in [0.1, 0.15) is 0 Å². The third kappa shape index (κ3) is 5.34. The average molecular weight is 465 g/mol. The molecule has 7 nitrogen and oxygen atoms in total. The molecular formula is C22H28N2O5S2. The molecule has 1 N–H and O–H groups in total. The van der Waals surface area contributed by atoms with E-state index in [1.165, 1.54) is 40.7 Å². The Bertz CT molecular complexity index is 1140. The lowest BCUT2D eigenvalue weighted by Gasteiger charge is -2.30. The topological polar surface area (TPSA) is 101 Å². The number of hydrogen-bond donors (Lipinski definition) is 1. The highest BCUT2D eigenvalue weighted by atomic mass is 32.2. The normalized spacial score (nSPS) is 17.9. The second-order valence-electron chi connectivity index (χ2n) is 7.90. The first-order valence-corrected chi connectivity index (χ1v) is 13.5. The zero-order chi connectivity index (χ0) is 22.6. The zero-order valence-corrected chi connectivity index (χ0v) is 19.4. The van der Waals surface area contributed by atoms with Crippen LogP contribution in [0.3, 0.4) is 0 Å². The van der Waals surface area contributed by atoms with Crippen molar-refractivity contribution in [1.82, 2.24) is 4.31 Å². The minimum atomic E-state index is -3.58. The molecule has 1 unspecified atom stereocenters. The maximum Gasteiger partial charge on any atom is 0.256 e. The van der Waals surface area contributed by atoms with E-state index in [2.05, 4.69) is 5.32 Å². The Morgan fingerprint density at radius 3 is 2.39 bits per heavy atom. The van der Waals surface area contributed by atoms with Crippen LogP contribution < -0.4 is 5.32 Å². The van der Waals surface area contributed by atoms with E-state index in [1.54, 1.807) is 19.1 Å². The third-order valence-electron chi connectivity index (χ3n) is 5.31. The molecule has 2 aromatic carbocycles. The number of piperidine rings is 1. The Hall–Kier alpha value is -2.23. The van der Waals surface area contributed by atoms with Gasteiger partial charge in [0.25, 0.3) is 5.91 Å². The number of sulfone groups is 1. The molecule has 9 heteroatoms. The Balaban J connectivity index is 1.79. The van der Waals surface area contributed by atoms with Gasteiger partial charge in [0.05, 0.1) is 21.1 Å². The van der Waals surface area contributed by atoms with Crippen LogP contribution in [0.25, 0.3) is 0 Å². The van der Waals surface area contributed by atoms with Gasteiger partial charge in [-0.05, 0) is 61.6 Å². The fourth-order valence-corrected chi connectivity index (χ4v) is 6.86. The van der Waals surface area contributed by atoms with Crippen molar-refractivity contribution < 1.29 is 21.6 Å².